The molecule has 0 aromatic carbocycles. The Morgan fingerprint density at radius 3 is 2.19 bits per heavy atom. The van der Waals surface area contributed by atoms with Gasteiger partial charge in [-0.3, -0.25) is 33.7 Å². The van der Waals surface area contributed by atoms with Gasteiger partial charge in [-0.05, 0) is 6.42 Å². The minimum Gasteiger partial charge on any atom is -0.480 e. The van der Waals surface area contributed by atoms with Crippen molar-refractivity contribution < 1.29 is 39.0 Å². The Kier molecular flexibility index (Phi) is 10.9. The Balaban J connectivity index is 5.23. The van der Waals surface area contributed by atoms with Gasteiger partial charge in [-0.15, -0.1) is 0 Å². The van der Waals surface area contributed by atoms with Gasteiger partial charge in [-0.25, -0.2) is 0 Å². The highest BCUT2D eigenvalue weighted by molar-refractivity contribution is 8.13. The van der Waals surface area contributed by atoms with Crippen molar-refractivity contribution in [2.45, 2.75) is 45.2 Å². The van der Waals surface area contributed by atoms with E-state index in [4.69, 9.17) is 15.9 Å². The van der Waals surface area contributed by atoms with Crippen LogP contribution in [0.15, 0.2) is 0 Å². The molecule has 0 radical (unpaired) electrons. The second-order valence-electron chi connectivity index (χ2n) is 5.47. The van der Waals surface area contributed by atoms with Crippen LogP contribution in [-0.4, -0.2) is 74.3 Å². The number of amides is 3. The van der Waals surface area contributed by atoms with Crippen LogP contribution in [0.5, 0.6) is 0 Å². The number of carbonyl (C=O) groups is 6. The molecule has 0 heterocycles. The molecule has 0 saturated carbocycles. The van der Waals surface area contributed by atoms with Gasteiger partial charge >= 0.3 is 11.9 Å². The summed E-state index contributed by atoms with van der Waals surface area (Å²) < 4.78 is 0. The number of carboxylic acid groups (broad SMARTS) is 2. The molecular formula is C15H23N3O8S. The summed E-state index contributed by atoms with van der Waals surface area (Å²) >= 11 is 0.716. The predicted molar refractivity (Wildman–Crippen MR) is 94.6 cm³/mol. The van der Waals surface area contributed by atoms with Crippen molar-refractivity contribution in [1.82, 2.24) is 10.2 Å². The van der Waals surface area contributed by atoms with E-state index in [1.807, 2.05) is 0 Å². The van der Waals surface area contributed by atoms with Crippen molar-refractivity contribution in [2.75, 3.05) is 12.3 Å². The lowest BCUT2D eigenvalue weighted by molar-refractivity contribution is -0.153. The number of nitrogens with two attached hydrogens (primary N) is 1. The van der Waals surface area contributed by atoms with Gasteiger partial charge in [0.1, 0.15) is 18.6 Å². The van der Waals surface area contributed by atoms with Crippen LogP contribution in [0.4, 0.5) is 0 Å². The van der Waals surface area contributed by atoms with E-state index in [-0.39, 0.29) is 30.1 Å². The number of hydrogen-bond acceptors (Lipinski definition) is 8. The summed E-state index contributed by atoms with van der Waals surface area (Å²) in [5.74, 6) is -5.34. The van der Waals surface area contributed by atoms with Gasteiger partial charge in [0.25, 0.3) is 5.91 Å². The summed E-state index contributed by atoms with van der Waals surface area (Å²) in [5.41, 5.74) is 5.30. The van der Waals surface area contributed by atoms with Crippen LogP contribution in [0.1, 0.15) is 33.1 Å². The molecule has 152 valence electrons. The third-order valence-electron chi connectivity index (χ3n) is 3.25. The summed E-state index contributed by atoms with van der Waals surface area (Å²) in [6.07, 6.45) is -0.621. The van der Waals surface area contributed by atoms with Gasteiger partial charge in [-0.1, -0.05) is 18.7 Å². The van der Waals surface area contributed by atoms with Crippen LogP contribution in [0.3, 0.4) is 0 Å². The van der Waals surface area contributed by atoms with E-state index in [0.29, 0.717) is 16.7 Å². The zero-order chi connectivity index (χ0) is 21.1. The average molecular weight is 405 g/mol. The number of thioether (sulfide) groups is 1. The van der Waals surface area contributed by atoms with Gasteiger partial charge in [0.05, 0.1) is 0 Å². The molecule has 11 nitrogen and oxygen atoms in total. The number of nitrogens with one attached hydrogen (secondary N) is 1. The fraction of sp³-hybridized carbons (Fsp3) is 0.600. The van der Waals surface area contributed by atoms with Crippen molar-refractivity contribution in [3.8, 4) is 0 Å². The highest BCUT2D eigenvalue weighted by Gasteiger charge is 2.31. The van der Waals surface area contributed by atoms with Crippen LogP contribution in [0.25, 0.3) is 0 Å². The van der Waals surface area contributed by atoms with E-state index >= 15 is 0 Å². The molecule has 0 aromatic rings. The maximum Gasteiger partial charge on any atom is 0.323 e. The van der Waals surface area contributed by atoms with Gasteiger partial charge in [0.2, 0.25) is 11.8 Å². The van der Waals surface area contributed by atoms with Crippen molar-refractivity contribution in [2.24, 2.45) is 5.73 Å². The lowest BCUT2D eigenvalue weighted by Gasteiger charge is -2.25. The number of nitrogens with zero attached hydrogens (tertiary/aromatic N) is 1. The number of hydrogen-bond donors (Lipinski definition) is 4. The lowest BCUT2D eigenvalue weighted by atomic mass is 10.1. The zero-order valence-electron chi connectivity index (χ0n) is 15.0. The number of aliphatic carboxylic acids is 2. The Hall–Kier alpha value is -2.47. The second-order valence-corrected chi connectivity index (χ2v) is 6.67. The van der Waals surface area contributed by atoms with E-state index in [2.05, 4.69) is 5.32 Å². The molecule has 0 aromatic heterocycles. The molecule has 5 N–H and O–H groups in total. The molecule has 0 bridgehead atoms. The maximum atomic E-state index is 12.6. The Bertz CT molecular complexity index is 610. The van der Waals surface area contributed by atoms with Crippen LogP contribution in [-0.2, 0) is 28.8 Å². The van der Waals surface area contributed by atoms with Crippen LogP contribution in [0, 0.1) is 0 Å². The summed E-state index contributed by atoms with van der Waals surface area (Å²) in [5, 5.41) is 19.6. The fourth-order valence-electron chi connectivity index (χ4n) is 1.86. The summed E-state index contributed by atoms with van der Waals surface area (Å²) in [7, 11) is 0. The van der Waals surface area contributed by atoms with Crippen LogP contribution < -0.4 is 11.1 Å². The molecule has 3 amide bonds. The Morgan fingerprint density at radius 2 is 1.74 bits per heavy atom. The standard InChI is InChI=1S/C15H23N3O8S/c1-3-12(21)18(6-13(22)23)14(24)10(7-27-8(2)19)17-11(20)5-4-9(16)15(25)26/h9-10H,3-7,16H2,1-2H3,(H,17,20)(H,22,23)(H,25,26). The van der Waals surface area contributed by atoms with E-state index in [1.54, 1.807) is 0 Å². The molecule has 0 aliphatic rings. The number of carbonyl (C=O) groups excluding carboxylic acids is 4. The van der Waals surface area contributed by atoms with Crippen molar-refractivity contribution >= 4 is 46.5 Å². The first kappa shape index (κ1) is 24.5. The Labute approximate surface area is 159 Å². The molecule has 2 unspecified atom stereocenters. The second kappa shape index (κ2) is 12.0. The molecule has 0 fully saturated rings. The molecule has 12 heteroatoms. The normalized spacial score (nSPS) is 12.6. The van der Waals surface area contributed by atoms with E-state index in [9.17, 15) is 28.8 Å². The zero-order valence-corrected chi connectivity index (χ0v) is 15.8. The van der Waals surface area contributed by atoms with Gasteiger partial charge in [-0.2, -0.15) is 0 Å². The highest BCUT2D eigenvalue weighted by atomic mass is 32.2. The summed E-state index contributed by atoms with van der Waals surface area (Å²) in [6, 6.07) is -2.59. The average Bonchev–Trinajstić information content (AvgIpc) is 2.59. The fourth-order valence-corrected chi connectivity index (χ4v) is 2.48. The molecule has 0 saturated heterocycles. The van der Waals surface area contributed by atoms with Gasteiger partial charge in [0.15, 0.2) is 5.12 Å². The summed E-state index contributed by atoms with van der Waals surface area (Å²) in [4.78, 5) is 69.7. The van der Waals surface area contributed by atoms with E-state index in [0.717, 1.165) is 0 Å². The molecule has 0 aliphatic carbocycles. The van der Waals surface area contributed by atoms with Gasteiger partial charge in [0, 0.05) is 25.5 Å². The molecule has 0 rings (SSSR count). The number of imide groups is 1. The first-order valence-electron chi connectivity index (χ1n) is 7.96. The monoisotopic (exact) mass is 405 g/mol. The first-order valence-corrected chi connectivity index (χ1v) is 8.95. The van der Waals surface area contributed by atoms with Crippen molar-refractivity contribution in [3.05, 3.63) is 0 Å². The molecule has 27 heavy (non-hydrogen) atoms. The molecular weight excluding hydrogens is 382 g/mol. The lowest BCUT2D eigenvalue weighted by Crippen LogP contribution is -2.53. The molecule has 2 atom stereocenters. The third-order valence-corrected chi connectivity index (χ3v) is 4.16. The third kappa shape index (κ3) is 9.70. The molecule has 0 spiro atoms. The highest BCUT2D eigenvalue weighted by Crippen LogP contribution is 2.09. The van der Waals surface area contributed by atoms with Gasteiger partial charge < -0.3 is 21.3 Å². The van der Waals surface area contributed by atoms with Crippen LogP contribution in [0.2, 0.25) is 0 Å². The molecule has 0 aliphatic heterocycles. The predicted octanol–water partition coefficient (Wildman–Crippen LogP) is -1.21. The Morgan fingerprint density at radius 1 is 1.15 bits per heavy atom. The maximum absolute atomic E-state index is 12.6. The number of rotatable bonds is 11. The first-order chi connectivity index (χ1) is 12.5. The minimum atomic E-state index is -1.41. The largest absolute Gasteiger partial charge is 0.480 e. The van der Waals surface area contributed by atoms with E-state index in [1.165, 1.54) is 13.8 Å². The SMILES string of the molecule is CCC(=O)N(CC(=O)O)C(=O)C(CSC(C)=O)NC(=O)CCC(N)C(=O)O. The van der Waals surface area contributed by atoms with Crippen LogP contribution >= 0.6 is 11.8 Å². The topological polar surface area (TPSA) is 184 Å². The van der Waals surface area contributed by atoms with Crippen molar-refractivity contribution in [1.29, 1.82) is 0 Å². The smallest absolute Gasteiger partial charge is 0.323 e. The van der Waals surface area contributed by atoms with E-state index < -0.39 is 48.3 Å². The quantitative estimate of drug-likeness (QED) is 0.325. The number of carboxylic acids is 2. The minimum absolute atomic E-state index is 0.132. The summed E-state index contributed by atoms with van der Waals surface area (Å²) in [6.45, 7) is 1.80. The van der Waals surface area contributed by atoms with Crippen molar-refractivity contribution in [3.63, 3.8) is 0 Å².